The molecule has 104 valence electrons. The fourth-order valence-electron chi connectivity index (χ4n) is 2.49. The molecule has 1 unspecified atom stereocenters. The Kier molecular flexibility index (Phi) is 5.14. The fourth-order valence-corrected chi connectivity index (χ4v) is 2.71. The van der Waals surface area contributed by atoms with Crippen LogP contribution in [0.25, 0.3) is 0 Å². The van der Waals surface area contributed by atoms with Gasteiger partial charge in [0, 0.05) is 13.0 Å². The van der Waals surface area contributed by atoms with E-state index in [9.17, 15) is 0 Å². The highest BCUT2D eigenvalue weighted by molar-refractivity contribution is 7.71. The number of hydrogen-bond donors (Lipinski definition) is 1. The van der Waals surface area contributed by atoms with Crippen LogP contribution in [0.5, 0.6) is 0 Å². The number of aromatic nitrogens is 3. The highest BCUT2D eigenvalue weighted by Crippen LogP contribution is 2.26. The molecule has 0 aliphatic heterocycles. The summed E-state index contributed by atoms with van der Waals surface area (Å²) in [4.78, 5) is 0. The van der Waals surface area contributed by atoms with E-state index in [0.29, 0.717) is 17.3 Å². The van der Waals surface area contributed by atoms with Crippen molar-refractivity contribution < 1.29 is 0 Å². The number of nitrogens with one attached hydrogen (secondary N) is 1. The maximum Gasteiger partial charge on any atom is 0.195 e. The van der Waals surface area contributed by atoms with Crippen LogP contribution in [-0.4, -0.2) is 14.8 Å². The van der Waals surface area contributed by atoms with Gasteiger partial charge in [0.1, 0.15) is 5.82 Å². The van der Waals surface area contributed by atoms with E-state index in [0.717, 1.165) is 23.6 Å². The van der Waals surface area contributed by atoms with Gasteiger partial charge in [-0.1, -0.05) is 41.5 Å². The van der Waals surface area contributed by atoms with Crippen LogP contribution in [0.2, 0.25) is 0 Å². The molecule has 0 saturated carbocycles. The first-order chi connectivity index (χ1) is 8.19. The Morgan fingerprint density at radius 3 is 2.39 bits per heavy atom. The second-order valence-corrected chi connectivity index (χ2v) is 7.41. The summed E-state index contributed by atoms with van der Waals surface area (Å²) in [6.45, 7) is 14.5. The number of H-pyrrole nitrogens is 1. The summed E-state index contributed by atoms with van der Waals surface area (Å²) in [7, 11) is 0. The summed E-state index contributed by atoms with van der Waals surface area (Å²) < 4.78 is 2.90. The van der Waals surface area contributed by atoms with E-state index >= 15 is 0 Å². The predicted octanol–water partition coefficient (Wildman–Crippen LogP) is 4.21. The number of rotatable bonds is 5. The molecule has 0 saturated heterocycles. The molecule has 3 nitrogen and oxygen atoms in total. The van der Waals surface area contributed by atoms with E-state index in [1.165, 1.54) is 6.42 Å². The van der Waals surface area contributed by atoms with Gasteiger partial charge in [0.05, 0.1) is 0 Å². The van der Waals surface area contributed by atoms with Gasteiger partial charge < -0.3 is 4.57 Å². The predicted molar refractivity (Wildman–Crippen MR) is 79.2 cm³/mol. The molecule has 1 rings (SSSR count). The summed E-state index contributed by atoms with van der Waals surface area (Å²) in [5, 5.41) is 7.31. The fraction of sp³-hybridized carbons (Fsp3) is 0.857. The Bertz CT molecular complexity index is 423. The smallest absolute Gasteiger partial charge is 0.195 e. The molecule has 0 amide bonds. The molecule has 1 aromatic heterocycles. The van der Waals surface area contributed by atoms with Gasteiger partial charge in [-0.05, 0) is 35.9 Å². The van der Waals surface area contributed by atoms with Crippen LogP contribution in [0.4, 0.5) is 0 Å². The van der Waals surface area contributed by atoms with Gasteiger partial charge in [0.2, 0.25) is 0 Å². The third-order valence-corrected chi connectivity index (χ3v) is 3.19. The average Bonchev–Trinajstić information content (AvgIpc) is 2.46. The van der Waals surface area contributed by atoms with Gasteiger partial charge >= 0.3 is 0 Å². The Balaban J connectivity index is 2.76. The molecule has 0 aliphatic carbocycles. The van der Waals surface area contributed by atoms with Crippen LogP contribution in [0.15, 0.2) is 0 Å². The monoisotopic (exact) mass is 269 g/mol. The van der Waals surface area contributed by atoms with Crippen molar-refractivity contribution in [3.05, 3.63) is 10.6 Å². The number of aromatic amines is 1. The summed E-state index contributed by atoms with van der Waals surface area (Å²) in [5.74, 6) is 2.32. The lowest BCUT2D eigenvalue weighted by molar-refractivity contribution is 0.301. The minimum absolute atomic E-state index is 0.370. The molecular weight excluding hydrogens is 242 g/mol. The van der Waals surface area contributed by atoms with Crippen molar-refractivity contribution >= 4 is 12.2 Å². The van der Waals surface area contributed by atoms with Crippen molar-refractivity contribution in [2.45, 2.75) is 60.9 Å². The molecule has 0 aliphatic rings. The SMILES string of the molecule is CC(C)Cn1c(CC(C)CC(C)(C)C)n[nH]c1=S. The first-order valence-corrected chi connectivity index (χ1v) is 7.24. The lowest BCUT2D eigenvalue weighted by atomic mass is 9.84. The lowest BCUT2D eigenvalue weighted by Gasteiger charge is -2.23. The zero-order chi connectivity index (χ0) is 13.9. The minimum Gasteiger partial charge on any atom is -0.304 e. The largest absolute Gasteiger partial charge is 0.304 e. The zero-order valence-electron chi connectivity index (χ0n) is 12.6. The Morgan fingerprint density at radius 2 is 1.89 bits per heavy atom. The third-order valence-electron chi connectivity index (χ3n) is 2.88. The van der Waals surface area contributed by atoms with E-state index in [1.54, 1.807) is 0 Å². The molecule has 1 atom stereocenters. The highest BCUT2D eigenvalue weighted by Gasteiger charge is 2.18. The molecule has 18 heavy (non-hydrogen) atoms. The van der Waals surface area contributed by atoms with Crippen LogP contribution in [0, 0.1) is 22.0 Å². The van der Waals surface area contributed by atoms with Gasteiger partial charge in [-0.3, -0.25) is 5.10 Å². The third kappa shape index (κ3) is 4.92. The molecule has 1 aromatic rings. The van der Waals surface area contributed by atoms with Crippen molar-refractivity contribution in [2.75, 3.05) is 0 Å². The van der Waals surface area contributed by atoms with E-state index < -0.39 is 0 Å². The molecule has 1 N–H and O–H groups in total. The molecule has 0 fully saturated rings. The molecular formula is C14H27N3S. The maximum atomic E-state index is 5.30. The minimum atomic E-state index is 0.370. The summed E-state index contributed by atoms with van der Waals surface area (Å²) in [5.41, 5.74) is 0.370. The Labute approximate surface area is 116 Å². The van der Waals surface area contributed by atoms with Gasteiger partial charge in [-0.25, -0.2) is 0 Å². The first-order valence-electron chi connectivity index (χ1n) is 6.83. The van der Waals surface area contributed by atoms with Gasteiger partial charge in [-0.2, -0.15) is 5.10 Å². The Hall–Kier alpha value is -0.640. The highest BCUT2D eigenvalue weighted by atomic mass is 32.1. The zero-order valence-corrected chi connectivity index (χ0v) is 13.4. The second-order valence-electron chi connectivity index (χ2n) is 7.02. The van der Waals surface area contributed by atoms with Crippen molar-refractivity contribution in [1.29, 1.82) is 0 Å². The second kappa shape index (κ2) is 6.00. The molecule has 0 aromatic carbocycles. The molecule has 4 heteroatoms. The quantitative estimate of drug-likeness (QED) is 0.812. The maximum absolute atomic E-state index is 5.30. The topological polar surface area (TPSA) is 33.6 Å². The molecule has 0 bridgehead atoms. The van der Waals surface area contributed by atoms with Crippen molar-refractivity contribution in [3.8, 4) is 0 Å². The average molecular weight is 269 g/mol. The molecule has 0 spiro atoms. The van der Waals surface area contributed by atoms with Gasteiger partial charge in [0.15, 0.2) is 4.77 Å². The summed E-state index contributed by atoms with van der Waals surface area (Å²) >= 11 is 5.30. The van der Waals surface area contributed by atoms with Gasteiger partial charge in [-0.15, -0.1) is 0 Å². The van der Waals surface area contributed by atoms with Crippen molar-refractivity contribution in [3.63, 3.8) is 0 Å². The Morgan fingerprint density at radius 1 is 1.28 bits per heavy atom. The standard InChI is InChI=1S/C14H27N3S/c1-10(2)9-17-12(15-16-13(17)18)7-11(3)8-14(4,5)6/h10-11H,7-9H2,1-6H3,(H,16,18). The van der Waals surface area contributed by atoms with Crippen molar-refractivity contribution in [2.24, 2.45) is 17.3 Å². The molecule has 0 radical (unpaired) electrons. The van der Waals surface area contributed by atoms with Crippen LogP contribution < -0.4 is 0 Å². The number of nitrogens with zero attached hydrogens (tertiary/aromatic N) is 2. The summed E-state index contributed by atoms with van der Waals surface area (Å²) in [6.07, 6.45) is 2.20. The van der Waals surface area contributed by atoms with Crippen LogP contribution in [0.1, 0.15) is 53.8 Å². The lowest BCUT2D eigenvalue weighted by Crippen LogP contribution is -2.16. The normalized spacial score (nSPS) is 14.2. The first kappa shape index (κ1) is 15.4. The van der Waals surface area contributed by atoms with E-state index in [1.807, 2.05) is 0 Å². The summed E-state index contributed by atoms with van der Waals surface area (Å²) in [6, 6.07) is 0. The van der Waals surface area contributed by atoms with E-state index in [-0.39, 0.29) is 0 Å². The number of hydrogen-bond acceptors (Lipinski definition) is 2. The van der Waals surface area contributed by atoms with Crippen LogP contribution in [0.3, 0.4) is 0 Å². The van der Waals surface area contributed by atoms with Gasteiger partial charge in [0.25, 0.3) is 0 Å². The molecule has 1 heterocycles. The van der Waals surface area contributed by atoms with Crippen LogP contribution in [-0.2, 0) is 13.0 Å². The van der Waals surface area contributed by atoms with E-state index in [4.69, 9.17) is 12.2 Å². The van der Waals surface area contributed by atoms with Crippen LogP contribution >= 0.6 is 12.2 Å². The van der Waals surface area contributed by atoms with E-state index in [2.05, 4.69) is 56.3 Å². The van der Waals surface area contributed by atoms with Crippen molar-refractivity contribution in [1.82, 2.24) is 14.8 Å².